The first kappa shape index (κ1) is 15.4. The van der Waals surface area contributed by atoms with Gasteiger partial charge in [0.05, 0.1) is 10.5 Å². The minimum Gasteiger partial charge on any atom is -0.352 e. The van der Waals surface area contributed by atoms with Gasteiger partial charge in [0.15, 0.2) is 0 Å². The van der Waals surface area contributed by atoms with Crippen LogP contribution in [0.2, 0.25) is 5.02 Å². The van der Waals surface area contributed by atoms with Gasteiger partial charge in [0.2, 0.25) is 0 Å². The molecule has 0 saturated carbocycles. The summed E-state index contributed by atoms with van der Waals surface area (Å²) in [7, 11) is 0. The van der Waals surface area contributed by atoms with Crippen LogP contribution in [0.1, 0.15) is 37.0 Å². The Balaban J connectivity index is 2.67. The van der Waals surface area contributed by atoms with E-state index in [-0.39, 0.29) is 22.2 Å². The van der Waals surface area contributed by atoms with Gasteiger partial charge in [-0.05, 0) is 24.8 Å². The summed E-state index contributed by atoms with van der Waals surface area (Å²) < 4.78 is 0. The maximum absolute atomic E-state index is 11.9. The van der Waals surface area contributed by atoms with E-state index in [0.717, 1.165) is 12.8 Å². The number of nitrogens with one attached hydrogen (secondary N) is 1. The molecule has 0 saturated heterocycles. The number of rotatable bonds is 6. The molecule has 0 fully saturated rings. The highest BCUT2D eigenvalue weighted by atomic mass is 35.5. The minimum atomic E-state index is -0.599. The summed E-state index contributed by atoms with van der Waals surface area (Å²) in [5.74, 6) is 0.204. The molecule has 0 atom stereocenters. The van der Waals surface area contributed by atoms with Crippen LogP contribution in [0.5, 0.6) is 0 Å². The molecule has 0 heterocycles. The topological polar surface area (TPSA) is 72.2 Å². The average Bonchev–Trinajstić information content (AvgIpc) is 2.34. The average molecular weight is 285 g/mol. The predicted octanol–water partition coefficient (Wildman–Crippen LogP) is 3.41. The molecule has 1 aromatic rings. The van der Waals surface area contributed by atoms with Crippen LogP contribution in [-0.4, -0.2) is 17.4 Å². The summed E-state index contributed by atoms with van der Waals surface area (Å²) in [6, 6.07) is 4.21. The summed E-state index contributed by atoms with van der Waals surface area (Å²) in [5.41, 5.74) is -0.114. The predicted molar refractivity (Wildman–Crippen MR) is 74.5 cm³/mol. The van der Waals surface area contributed by atoms with E-state index in [1.165, 1.54) is 18.2 Å². The fraction of sp³-hybridized carbons (Fsp3) is 0.462. The standard InChI is InChI=1S/C13H17ClN2O3/c1-9(2)5-4-8-15-13(17)10-6-3-7-11(12(10)14)16(18)19/h3,6-7,9H,4-5,8H2,1-2H3,(H,15,17). The van der Waals surface area contributed by atoms with Crippen molar-refractivity contribution in [3.63, 3.8) is 0 Å². The van der Waals surface area contributed by atoms with Crippen molar-refractivity contribution in [1.82, 2.24) is 5.32 Å². The molecule has 0 bridgehead atoms. The zero-order chi connectivity index (χ0) is 14.4. The van der Waals surface area contributed by atoms with Gasteiger partial charge in [0, 0.05) is 12.6 Å². The van der Waals surface area contributed by atoms with Crippen LogP contribution in [0, 0.1) is 16.0 Å². The van der Waals surface area contributed by atoms with E-state index in [1.807, 2.05) is 0 Å². The summed E-state index contributed by atoms with van der Waals surface area (Å²) >= 11 is 5.86. The number of nitro benzene ring substituents is 1. The smallest absolute Gasteiger partial charge is 0.288 e. The van der Waals surface area contributed by atoms with Crippen molar-refractivity contribution in [3.8, 4) is 0 Å². The Morgan fingerprint density at radius 1 is 1.47 bits per heavy atom. The summed E-state index contributed by atoms with van der Waals surface area (Å²) in [5, 5.41) is 13.3. The van der Waals surface area contributed by atoms with Gasteiger partial charge in [-0.15, -0.1) is 0 Å². The number of hydrogen-bond acceptors (Lipinski definition) is 3. The summed E-state index contributed by atoms with van der Waals surface area (Å²) in [6.45, 7) is 4.76. The van der Waals surface area contributed by atoms with Crippen LogP contribution < -0.4 is 5.32 Å². The van der Waals surface area contributed by atoms with Crippen LogP contribution in [0.15, 0.2) is 18.2 Å². The number of carbonyl (C=O) groups is 1. The first-order valence-electron chi connectivity index (χ1n) is 6.14. The van der Waals surface area contributed by atoms with Crippen molar-refractivity contribution in [2.24, 2.45) is 5.92 Å². The van der Waals surface area contributed by atoms with Gasteiger partial charge in [-0.25, -0.2) is 0 Å². The lowest BCUT2D eigenvalue weighted by Gasteiger charge is -2.08. The zero-order valence-electron chi connectivity index (χ0n) is 11.0. The second kappa shape index (κ2) is 7.09. The molecule has 1 aromatic carbocycles. The number of amides is 1. The first-order chi connectivity index (χ1) is 8.93. The van der Waals surface area contributed by atoms with Crippen LogP contribution >= 0.6 is 11.6 Å². The SMILES string of the molecule is CC(C)CCCNC(=O)c1cccc([N+](=O)[O-])c1Cl. The van der Waals surface area contributed by atoms with Gasteiger partial charge < -0.3 is 5.32 Å². The second-order valence-electron chi connectivity index (χ2n) is 4.69. The molecule has 1 amide bonds. The Morgan fingerprint density at radius 3 is 2.74 bits per heavy atom. The summed E-state index contributed by atoms with van der Waals surface area (Å²) in [6.07, 6.45) is 1.89. The molecular formula is C13H17ClN2O3. The number of halogens is 1. The molecule has 6 heteroatoms. The molecule has 0 spiro atoms. The van der Waals surface area contributed by atoms with Crippen LogP contribution in [0.3, 0.4) is 0 Å². The quantitative estimate of drug-likeness (QED) is 0.494. The van der Waals surface area contributed by atoms with Crippen LogP contribution in [0.4, 0.5) is 5.69 Å². The fourth-order valence-electron chi connectivity index (χ4n) is 1.64. The lowest BCUT2D eigenvalue weighted by atomic mass is 10.1. The Hall–Kier alpha value is -1.62. The van der Waals surface area contributed by atoms with Crippen molar-refractivity contribution >= 4 is 23.2 Å². The van der Waals surface area contributed by atoms with Crippen molar-refractivity contribution in [2.45, 2.75) is 26.7 Å². The highest BCUT2D eigenvalue weighted by Gasteiger charge is 2.19. The van der Waals surface area contributed by atoms with Crippen molar-refractivity contribution in [1.29, 1.82) is 0 Å². The van der Waals surface area contributed by atoms with Gasteiger partial charge in [0.25, 0.3) is 11.6 Å². The maximum Gasteiger partial charge on any atom is 0.288 e. The fourth-order valence-corrected chi connectivity index (χ4v) is 1.92. The zero-order valence-corrected chi connectivity index (χ0v) is 11.7. The molecule has 0 aromatic heterocycles. The Morgan fingerprint density at radius 2 is 2.16 bits per heavy atom. The third-order valence-corrected chi connectivity index (χ3v) is 3.06. The Bertz CT molecular complexity index is 475. The normalized spacial score (nSPS) is 10.5. The van der Waals surface area contributed by atoms with Crippen LogP contribution in [-0.2, 0) is 0 Å². The number of benzene rings is 1. The van der Waals surface area contributed by atoms with Crippen LogP contribution in [0.25, 0.3) is 0 Å². The highest BCUT2D eigenvalue weighted by molar-refractivity contribution is 6.35. The molecule has 0 radical (unpaired) electrons. The molecule has 1 N–H and O–H groups in total. The van der Waals surface area contributed by atoms with Crippen molar-refractivity contribution in [2.75, 3.05) is 6.54 Å². The molecule has 1 rings (SSSR count). The minimum absolute atomic E-state index is 0.117. The number of nitrogens with zero attached hydrogens (tertiary/aromatic N) is 1. The Kier molecular flexibility index (Phi) is 5.76. The Labute approximate surface area is 117 Å². The monoisotopic (exact) mass is 284 g/mol. The molecule has 0 aliphatic heterocycles. The van der Waals surface area contributed by atoms with Gasteiger partial charge in [-0.1, -0.05) is 31.5 Å². The van der Waals surface area contributed by atoms with Crippen molar-refractivity contribution in [3.05, 3.63) is 38.9 Å². The van der Waals surface area contributed by atoms with Gasteiger partial charge in [-0.2, -0.15) is 0 Å². The molecule has 0 aliphatic carbocycles. The molecule has 5 nitrogen and oxygen atoms in total. The van der Waals surface area contributed by atoms with Gasteiger partial charge in [0.1, 0.15) is 5.02 Å². The number of carbonyl (C=O) groups excluding carboxylic acids is 1. The number of nitro groups is 1. The van der Waals surface area contributed by atoms with E-state index in [1.54, 1.807) is 0 Å². The number of hydrogen-bond donors (Lipinski definition) is 1. The molecule has 104 valence electrons. The van der Waals surface area contributed by atoms with E-state index < -0.39 is 4.92 Å². The van der Waals surface area contributed by atoms with E-state index in [0.29, 0.717) is 12.5 Å². The first-order valence-corrected chi connectivity index (χ1v) is 6.52. The lowest BCUT2D eigenvalue weighted by molar-refractivity contribution is -0.384. The summed E-state index contributed by atoms with van der Waals surface area (Å²) in [4.78, 5) is 22.0. The van der Waals surface area contributed by atoms with Crippen molar-refractivity contribution < 1.29 is 9.72 Å². The van der Waals surface area contributed by atoms with Gasteiger partial charge in [-0.3, -0.25) is 14.9 Å². The molecule has 0 unspecified atom stereocenters. The largest absolute Gasteiger partial charge is 0.352 e. The van der Waals surface area contributed by atoms with E-state index in [9.17, 15) is 14.9 Å². The molecule has 19 heavy (non-hydrogen) atoms. The van der Waals surface area contributed by atoms with E-state index in [2.05, 4.69) is 19.2 Å². The maximum atomic E-state index is 11.9. The van der Waals surface area contributed by atoms with Gasteiger partial charge >= 0.3 is 0 Å². The highest BCUT2D eigenvalue weighted by Crippen LogP contribution is 2.27. The third-order valence-electron chi connectivity index (χ3n) is 2.66. The molecule has 0 aliphatic rings. The third kappa shape index (κ3) is 4.52. The second-order valence-corrected chi connectivity index (χ2v) is 5.07. The molecular weight excluding hydrogens is 268 g/mol. The van der Waals surface area contributed by atoms with E-state index >= 15 is 0 Å². The lowest BCUT2D eigenvalue weighted by Crippen LogP contribution is -2.25. The van der Waals surface area contributed by atoms with E-state index in [4.69, 9.17) is 11.6 Å².